The highest BCUT2D eigenvalue weighted by atomic mass is 32.1. The number of hydrogen-bond donors (Lipinski definition) is 1. The highest BCUT2D eigenvalue weighted by molar-refractivity contribution is 7.15. The molecule has 0 saturated heterocycles. The van der Waals surface area contributed by atoms with Gasteiger partial charge in [0.15, 0.2) is 4.96 Å². The van der Waals surface area contributed by atoms with E-state index < -0.39 is 4.92 Å². The molecule has 2 aromatic heterocycles. The van der Waals surface area contributed by atoms with Gasteiger partial charge in [0.1, 0.15) is 5.75 Å². The molecule has 2 aromatic carbocycles. The maximum absolute atomic E-state index is 11.0. The molecule has 0 aliphatic heterocycles. The van der Waals surface area contributed by atoms with Crippen molar-refractivity contribution in [1.29, 1.82) is 0 Å². The highest BCUT2D eigenvalue weighted by Gasteiger charge is 2.15. The van der Waals surface area contributed by atoms with Crippen LogP contribution in [0.4, 0.5) is 5.69 Å². The second kappa shape index (κ2) is 4.54. The van der Waals surface area contributed by atoms with Crippen LogP contribution in [0.2, 0.25) is 0 Å². The van der Waals surface area contributed by atoms with Crippen LogP contribution in [-0.4, -0.2) is 19.4 Å². The third-order valence-electron chi connectivity index (χ3n) is 3.50. The molecule has 0 saturated carbocycles. The molecule has 0 radical (unpaired) electrons. The van der Waals surface area contributed by atoms with Gasteiger partial charge >= 0.3 is 0 Å². The summed E-state index contributed by atoms with van der Waals surface area (Å²) in [5, 5.41) is 22.3. The predicted octanol–water partition coefficient (Wildman–Crippen LogP) is 3.83. The summed E-state index contributed by atoms with van der Waals surface area (Å²) in [6.45, 7) is 0. The van der Waals surface area contributed by atoms with Gasteiger partial charge in [-0.3, -0.25) is 14.5 Å². The van der Waals surface area contributed by atoms with Crippen LogP contribution in [0.25, 0.3) is 27.3 Å². The maximum Gasteiger partial charge on any atom is 0.271 e. The summed E-state index contributed by atoms with van der Waals surface area (Å²) in [4.78, 5) is 15.8. The molecule has 0 spiro atoms. The van der Waals surface area contributed by atoms with Gasteiger partial charge in [0.25, 0.3) is 5.69 Å². The fourth-order valence-electron chi connectivity index (χ4n) is 2.46. The molecule has 22 heavy (non-hydrogen) atoms. The van der Waals surface area contributed by atoms with Crippen LogP contribution in [0.1, 0.15) is 0 Å². The molecule has 0 amide bonds. The van der Waals surface area contributed by atoms with E-state index in [0.717, 1.165) is 21.7 Å². The van der Waals surface area contributed by atoms with Crippen molar-refractivity contribution in [2.45, 2.75) is 0 Å². The summed E-state index contributed by atoms with van der Waals surface area (Å²) in [6.07, 6.45) is 0. The van der Waals surface area contributed by atoms with Gasteiger partial charge in [-0.25, -0.2) is 4.98 Å². The van der Waals surface area contributed by atoms with Crippen LogP contribution in [0.3, 0.4) is 0 Å². The summed E-state index contributed by atoms with van der Waals surface area (Å²) < 4.78 is 1.90. The number of nitrogens with zero attached hydrogens (tertiary/aromatic N) is 3. The summed E-state index contributed by atoms with van der Waals surface area (Å²) >= 11 is 1.47. The monoisotopic (exact) mass is 311 g/mol. The molecule has 108 valence electrons. The number of hydrogen-bond acceptors (Lipinski definition) is 5. The standard InChI is InChI=1S/C15H9N3O3S/c19-11-4-1-9(2-5-11)14-8-22-15-16-12-6-3-10(18(20)21)7-13(12)17(14)15/h1-8,19H. The molecule has 0 aliphatic rings. The predicted molar refractivity (Wildman–Crippen MR) is 84.3 cm³/mol. The van der Waals surface area contributed by atoms with E-state index in [1.165, 1.54) is 23.5 Å². The van der Waals surface area contributed by atoms with E-state index in [4.69, 9.17) is 0 Å². The average Bonchev–Trinajstić information content (AvgIpc) is 3.06. The van der Waals surface area contributed by atoms with Gasteiger partial charge in [0, 0.05) is 17.5 Å². The van der Waals surface area contributed by atoms with E-state index in [2.05, 4.69) is 4.98 Å². The molecule has 0 atom stereocenters. The zero-order valence-corrected chi connectivity index (χ0v) is 11.9. The summed E-state index contributed by atoms with van der Waals surface area (Å²) in [6, 6.07) is 11.5. The number of phenolic OH excluding ortho intramolecular Hbond substituents is 1. The molecule has 1 N–H and O–H groups in total. The van der Waals surface area contributed by atoms with Crippen molar-refractivity contribution < 1.29 is 10.0 Å². The molecule has 0 aliphatic carbocycles. The fraction of sp³-hybridized carbons (Fsp3) is 0. The van der Waals surface area contributed by atoms with Crippen LogP contribution < -0.4 is 0 Å². The molecule has 6 nitrogen and oxygen atoms in total. The average molecular weight is 311 g/mol. The van der Waals surface area contributed by atoms with Crippen molar-refractivity contribution in [2.24, 2.45) is 0 Å². The van der Waals surface area contributed by atoms with Crippen LogP contribution in [0.15, 0.2) is 47.8 Å². The molecular weight excluding hydrogens is 302 g/mol. The third kappa shape index (κ3) is 1.83. The van der Waals surface area contributed by atoms with Gasteiger partial charge < -0.3 is 5.11 Å². The Bertz CT molecular complexity index is 1020. The van der Waals surface area contributed by atoms with Crippen LogP contribution >= 0.6 is 11.3 Å². The van der Waals surface area contributed by atoms with Crippen molar-refractivity contribution in [1.82, 2.24) is 9.38 Å². The second-order valence-electron chi connectivity index (χ2n) is 4.83. The lowest BCUT2D eigenvalue weighted by molar-refractivity contribution is -0.384. The first-order chi connectivity index (χ1) is 10.6. The van der Waals surface area contributed by atoms with Gasteiger partial charge in [-0.1, -0.05) is 0 Å². The van der Waals surface area contributed by atoms with Crippen molar-refractivity contribution in [3.63, 3.8) is 0 Å². The number of fused-ring (bicyclic) bond motifs is 3. The minimum absolute atomic E-state index is 0.0390. The van der Waals surface area contributed by atoms with Crippen molar-refractivity contribution in [3.05, 3.63) is 58.0 Å². The fourth-order valence-corrected chi connectivity index (χ4v) is 3.37. The minimum Gasteiger partial charge on any atom is -0.508 e. The van der Waals surface area contributed by atoms with Gasteiger partial charge in [-0.05, 0) is 35.9 Å². The zero-order valence-electron chi connectivity index (χ0n) is 11.1. The smallest absolute Gasteiger partial charge is 0.271 e. The van der Waals surface area contributed by atoms with E-state index in [0.29, 0.717) is 5.52 Å². The number of thiazole rings is 1. The van der Waals surface area contributed by atoms with Crippen LogP contribution in [0.5, 0.6) is 5.75 Å². The Labute approximate surface area is 128 Å². The molecule has 2 heterocycles. The van der Waals surface area contributed by atoms with Gasteiger partial charge in [-0.2, -0.15) is 0 Å². The number of nitro benzene ring substituents is 1. The number of rotatable bonds is 2. The van der Waals surface area contributed by atoms with Crippen LogP contribution in [0, 0.1) is 10.1 Å². The normalized spacial score (nSPS) is 11.3. The molecule has 0 unspecified atom stereocenters. The SMILES string of the molecule is O=[N+]([O-])c1ccc2nc3scc(-c4ccc(O)cc4)n3c2c1. The summed E-state index contributed by atoms with van der Waals surface area (Å²) in [7, 11) is 0. The van der Waals surface area contributed by atoms with Crippen molar-refractivity contribution in [2.75, 3.05) is 0 Å². The third-order valence-corrected chi connectivity index (χ3v) is 4.32. The lowest BCUT2D eigenvalue weighted by atomic mass is 10.1. The summed E-state index contributed by atoms with van der Waals surface area (Å²) in [5.41, 5.74) is 3.26. The van der Waals surface area contributed by atoms with Gasteiger partial charge in [0.2, 0.25) is 0 Å². The van der Waals surface area contributed by atoms with E-state index >= 15 is 0 Å². The Morgan fingerprint density at radius 2 is 1.95 bits per heavy atom. The van der Waals surface area contributed by atoms with Crippen LogP contribution in [-0.2, 0) is 0 Å². The Balaban J connectivity index is 2.03. The second-order valence-corrected chi connectivity index (χ2v) is 5.66. The Kier molecular flexibility index (Phi) is 2.64. The largest absolute Gasteiger partial charge is 0.508 e. The number of aromatic nitrogens is 2. The highest BCUT2D eigenvalue weighted by Crippen LogP contribution is 2.32. The first-order valence-electron chi connectivity index (χ1n) is 6.47. The number of phenols is 1. The van der Waals surface area contributed by atoms with E-state index in [9.17, 15) is 15.2 Å². The number of aromatic hydroxyl groups is 1. The maximum atomic E-state index is 11.0. The van der Waals surface area contributed by atoms with Crippen molar-refractivity contribution in [3.8, 4) is 17.0 Å². The molecule has 4 aromatic rings. The molecule has 0 bridgehead atoms. The van der Waals surface area contributed by atoms with Gasteiger partial charge in [-0.15, -0.1) is 11.3 Å². The number of non-ortho nitro benzene ring substituents is 1. The van der Waals surface area contributed by atoms with Gasteiger partial charge in [0.05, 0.1) is 21.7 Å². The minimum atomic E-state index is -0.411. The zero-order chi connectivity index (χ0) is 15.3. The topological polar surface area (TPSA) is 80.7 Å². The Morgan fingerprint density at radius 1 is 1.18 bits per heavy atom. The summed E-state index contributed by atoms with van der Waals surface area (Å²) in [5.74, 6) is 0.196. The Morgan fingerprint density at radius 3 is 2.68 bits per heavy atom. The Hall–Kier alpha value is -2.93. The molecule has 4 rings (SSSR count). The lowest BCUT2D eigenvalue weighted by Crippen LogP contribution is -1.89. The van der Waals surface area contributed by atoms with E-state index in [1.807, 2.05) is 9.78 Å². The lowest BCUT2D eigenvalue weighted by Gasteiger charge is -2.01. The quantitative estimate of drug-likeness (QED) is 0.450. The first-order valence-corrected chi connectivity index (χ1v) is 7.35. The van der Waals surface area contributed by atoms with E-state index in [-0.39, 0.29) is 11.4 Å². The van der Waals surface area contributed by atoms with E-state index in [1.54, 1.807) is 30.3 Å². The number of nitro groups is 1. The number of imidazole rings is 1. The molecule has 0 fully saturated rings. The van der Waals surface area contributed by atoms with Crippen molar-refractivity contribution >= 4 is 33.0 Å². The molecule has 7 heteroatoms. The molecular formula is C15H9N3O3S. The number of benzene rings is 2. The first kappa shape index (κ1) is 12.8.